The van der Waals surface area contributed by atoms with E-state index >= 15 is 0 Å². The molecular weight excluding hydrogens is 908 g/mol. The van der Waals surface area contributed by atoms with Crippen molar-refractivity contribution in [1.82, 2.24) is 15.5 Å². The van der Waals surface area contributed by atoms with Gasteiger partial charge in [0.2, 0.25) is 0 Å². The third-order valence-corrected chi connectivity index (χ3v) is 15.2. The number of likely N-dealkylation sites (tertiary alicyclic amines) is 2. The van der Waals surface area contributed by atoms with Crippen LogP contribution in [0.15, 0.2) is 163 Å². The summed E-state index contributed by atoms with van der Waals surface area (Å²) in [6.45, 7) is 3.90. The van der Waals surface area contributed by atoms with E-state index < -0.39 is 10.8 Å². The molecule has 3 N–H and O–H groups in total. The van der Waals surface area contributed by atoms with Crippen molar-refractivity contribution in [3.63, 3.8) is 0 Å². The number of piperidine rings is 2. The highest BCUT2D eigenvalue weighted by Gasteiger charge is 2.39. The Labute approximate surface area is 401 Å². The molecule has 10 rings (SSSR count). The molecule has 6 aromatic carbocycles. The molecule has 4 aliphatic rings. The molecule has 2 saturated heterocycles. The molecule has 2 fully saturated rings. The Kier molecular flexibility index (Phi) is 14.2. The van der Waals surface area contributed by atoms with Gasteiger partial charge in [0, 0.05) is 75.5 Å². The lowest BCUT2D eigenvalue weighted by Gasteiger charge is -2.33. The monoisotopic (exact) mass is 955 g/mol. The molecule has 0 spiro atoms. The predicted molar refractivity (Wildman–Crippen MR) is 263 cm³/mol. The number of hydroxylamine groups is 3. The van der Waals surface area contributed by atoms with Gasteiger partial charge < -0.3 is 15.5 Å². The molecule has 0 saturated carbocycles. The molecule has 2 amide bonds. The zero-order chi connectivity index (χ0) is 45.6. The Morgan fingerprint density at radius 3 is 1.88 bits per heavy atom. The highest BCUT2D eigenvalue weighted by molar-refractivity contribution is 7.99. The summed E-state index contributed by atoms with van der Waals surface area (Å²) >= 11 is 13.7. The molecule has 10 nitrogen and oxygen atoms in total. The molecule has 1 atom stereocenters. The largest absolute Gasteiger partial charge is 0.356 e. The normalized spacial score (nSPS) is 17.1. The number of aliphatic imine (C=N–C) groups is 2. The first-order valence-electron chi connectivity index (χ1n) is 22.3. The van der Waals surface area contributed by atoms with Gasteiger partial charge in [0.05, 0.1) is 37.5 Å². The van der Waals surface area contributed by atoms with Crippen LogP contribution in [0.5, 0.6) is 0 Å². The first-order valence-corrected chi connectivity index (χ1v) is 25.0. The summed E-state index contributed by atoms with van der Waals surface area (Å²) in [4.78, 5) is 41.4. The Bertz CT molecular complexity index is 2890. The number of hydrogen-bond acceptors (Lipinski definition) is 8. The van der Waals surface area contributed by atoms with E-state index in [1.165, 1.54) is 6.42 Å². The van der Waals surface area contributed by atoms with E-state index in [9.17, 15) is 19.0 Å². The van der Waals surface area contributed by atoms with Crippen LogP contribution in [0.4, 0.5) is 11.4 Å². The van der Waals surface area contributed by atoms with Crippen molar-refractivity contribution in [3.8, 4) is 0 Å². The van der Waals surface area contributed by atoms with E-state index in [0.717, 1.165) is 88.0 Å². The van der Waals surface area contributed by atoms with E-state index in [4.69, 9.17) is 33.2 Å². The van der Waals surface area contributed by atoms with Crippen LogP contribution in [0.3, 0.4) is 0 Å². The van der Waals surface area contributed by atoms with Gasteiger partial charge in [0.1, 0.15) is 18.9 Å². The van der Waals surface area contributed by atoms with Crippen LogP contribution in [-0.2, 0) is 23.9 Å². The number of nitrogens with one attached hydrogen (secondary N) is 2. The van der Waals surface area contributed by atoms with Crippen LogP contribution in [-0.4, -0.2) is 68.6 Å². The zero-order valence-electron chi connectivity index (χ0n) is 36.2. The lowest BCUT2D eigenvalue weighted by atomic mass is 10.1. The summed E-state index contributed by atoms with van der Waals surface area (Å²) in [7, 11) is -1.38. The Hall–Kier alpha value is -5.60. The fraction of sp³-hybridized carbons (Fsp3) is 0.231. The summed E-state index contributed by atoms with van der Waals surface area (Å²) in [5, 5.41) is 18.7. The number of quaternary nitrogens is 1. The van der Waals surface area contributed by atoms with Gasteiger partial charge in [-0.25, -0.2) is 14.4 Å². The first kappa shape index (κ1) is 45.6. The molecule has 1 unspecified atom stereocenters. The third kappa shape index (κ3) is 10.3. The van der Waals surface area contributed by atoms with Gasteiger partial charge in [-0.15, -0.1) is 4.65 Å². The van der Waals surface area contributed by atoms with Gasteiger partial charge in [-0.05, 0) is 116 Å². The lowest BCUT2D eigenvalue weighted by Crippen LogP contribution is -2.53. The topological polar surface area (TPSA) is 123 Å². The van der Waals surface area contributed by atoms with Crippen molar-refractivity contribution in [3.05, 3.63) is 177 Å². The van der Waals surface area contributed by atoms with Crippen molar-refractivity contribution < 1.29 is 23.7 Å². The number of rotatable bonds is 6. The molecule has 0 aromatic heterocycles. The summed E-state index contributed by atoms with van der Waals surface area (Å²) in [6, 6.07) is 41.5. The maximum atomic E-state index is 13.5. The predicted octanol–water partition coefficient (Wildman–Crippen LogP) is 11.5. The van der Waals surface area contributed by atoms with Gasteiger partial charge in [-0.1, -0.05) is 89.6 Å². The SMILES string of the molecule is O=C(NCc1cccc(Cl)c1)c1ccc2c(c1)N=C(N1CCCCC1)c1ccccc1S2=O.O=C(NCc1cccc(Cl)c1)c1ccc2c(c1)N=C([N+]1(O)CCCCC1)c1ccccc1S2. The lowest BCUT2D eigenvalue weighted by molar-refractivity contribution is -1.03. The molecule has 6 aromatic rings. The Morgan fingerprint density at radius 2 is 1.21 bits per heavy atom. The van der Waals surface area contributed by atoms with Crippen molar-refractivity contribution in [1.29, 1.82) is 0 Å². The Balaban J connectivity index is 0.000000166. The summed E-state index contributed by atoms with van der Waals surface area (Å²) < 4.78 is 13.3. The molecule has 0 radical (unpaired) electrons. The maximum absolute atomic E-state index is 13.5. The van der Waals surface area contributed by atoms with Crippen LogP contribution in [0.25, 0.3) is 0 Å². The molecule has 0 bridgehead atoms. The molecule has 336 valence electrons. The number of nitrogens with zero attached hydrogens (tertiary/aromatic N) is 4. The fourth-order valence-electron chi connectivity index (χ4n) is 8.65. The number of amides is 2. The van der Waals surface area contributed by atoms with E-state index in [-0.39, 0.29) is 16.5 Å². The van der Waals surface area contributed by atoms with Gasteiger partial charge in [-0.2, -0.15) is 4.99 Å². The molecule has 14 heteroatoms. The first-order chi connectivity index (χ1) is 32.1. The molecule has 66 heavy (non-hydrogen) atoms. The second kappa shape index (κ2) is 20.5. The minimum absolute atomic E-state index is 0.164. The van der Waals surface area contributed by atoms with Crippen molar-refractivity contribution >= 4 is 80.6 Å². The van der Waals surface area contributed by atoms with Gasteiger partial charge in [-0.3, -0.25) is 9.59 Å². The van der Waals surface area contributed by atoms with Crippen LogP contribution < -0.4 is 10.6 Å². The second-order valence-electron chi connectivity index (χ2n) is 16.7. The standard InChI is InChI=1S/2C26H24ClN3O2S/c27-20-8-6-7-18(15-20)17-28-26(31)19-11-12-24-22(16-19)29-25(30-13-4-1-5-14-30)21-9-2-3-10-23(21)33(24)32;27-20-8-6-7-18(15-20)17-28-26(31)19-11-12-24-22(16-19)29-25(30(32)13-4-1-5-14-30)21-9-2-3-10-23(21)33-24/h2-3,6-12,15-16H,1,4-5,13-14,17H2,(H,28,31);2-3,6-12,15-16,32H,1,4-5,13-14,17H2/p+1. The highest BCUT2D eigenvalue weighted by Crippen LogP contribution is 2.42. The minimum Gasteiger partial charge on any atom is -0.356 e. The molecule has 0 aliphatic carbocycles. The van der Waals surface area contributed by atoms with Crippen LogP contribution in [0.1, 0.15) is 81.5 Å². The van der Waals surface area contributed by atoms with E-state index in [1.54, 1.807) is 36.0 Å². The number of carbonyl (C=O) groups excluding carboxylic acids is 2. The van der Waals surface area contributed by atoms with Crippen molar-refractivity contribution in [2.24, 2.45) is 9.98 Å². The number of halogens is 2. The Morgan fingerprint density at radius 1 is 0.621 bits per heavy atom. The average Bonchev–Trinajstić information content (AvgIpc) is 3.59. The van der Waals surface area contributed by atoms with Crippen LogP contribution >= 0.6 is 35.0 Å². The molecule has 4 aliphatic heterocycles. The van der Waals surface area contributed by atoms with Crippen molar-refractivity contribution in [2.75, 3.05) is 26.2 Å². The van der Waals surface area contributed by atoms with Gasteiger partial charge in [0.25, 0.3) is 17.6 Å². The van der Waals surface area contributed by atoms with Crippen LogP contribution in [0, 0.1) is 0 Å². The summed E-state index contributed by atoms with van der Waals surface area (Å²) in [5.74, 6) is 1.12. The second-order valence-corrected chi connectivity index (χ2v) is 20.1. The van der Waals surface area contributed by atoms with Crippen LogP contribution in [0.2, 0.25) is 10.0 Å². The summed E-state index contributed by atoms with van der Waals surface area (Å²) in [6.07, 6.45) is 6.49. The fourth-order valence-corrected chi connectivity index (χ4v) is 11.4. The average molecular weight is 957 g/mol. The number of fused-ring (bicyclic) bond motifs is 4. The summed E-state index contributed by atoms with van der Waals surface area (Å²) in [5.41, 5.74) is 6.03. The third-order valence-electron chi connectivity index (χ3n) is 12.1. The van der Waals surface area contributed by atoms with E-state index in [0.29, 0.717) is 69.5 Å². The number of amidine groups is 2. The quantitative estimate of drug-likeness (QED) is 0.143. The number of carbonyl (C=O) groups is 2. The highest BCUT2D eigenvalue weighted by atomic mass is 35.5. The van der Waals surface area contributed by atoms with E-state index in [1.807, 2.05) is 103 Å². The molecule has 4 heterocycles. The molecular formula is C52H49Cl2N6O4S2+. The van der Waals surface area contributed by atoms with E-state index in [2.05, 4.69) is 21.6 Å². The zero-order valence-corrected chi connectivity index (χ0v) is 39.4. The smallest absolute Gasteiger partial charge is 0.269 e. The number of hydrogen-bond donors (Lipinski definition) is 3. The van der Waals surface area contributed by atoms with Crippen molar-refractivity contribution in [2.45, 2.75) is 71.2 Å². The minimum atomic E-state index is -1.38. The van der Waals surface area contributed by atoms with Gasteiger partial charge in [0.15, 0.2) is 0 Å². The number of benzene rings is 6. The van der Waals surface area contributed by atoms with Gasteiger partial charge >= 0.3 is 0 Å². The maximum Gasteiger partial charge on any atom is 0.269 e.